The topological polar surface area (TPSA) is 99.3 Å². The monoisotopic (exact) mass is 560 g/mol. The van der Waals surface area contributed by atoms with Crippen molar-refractivity contribution in [1.82, 2.24) is 14.1 Å². The maximum atomic E-state index is 13.6. The second kappa shape index (κ2) is 11.8. The summed E-state index contributed by atoms with van der Waals surface area (Å²) >= 11 is 1.48. The van der Waals surface area contributed by atoms with Crippen molar-refractivity contribution in [1.29, 1.82) is 0 Å². The zero-order valence-electron chi connectivity index (χ0n) is 21.9. The highest BCUT2D eigenvalue weighted by atomic mass is 32.2. The highest BCUT2D eigenvalue weighted by Gasteiger charge is 2.32. The fourth-order valence-electron chi connectivity index (χ4n) is 5.41. The molecular formula is C27H36N4O5S2. The molecule has 0 atom stereocenters. The maximum absolute atomic E-state index is 13.6. The lowest BCUT2D eigenvalue weighted by Gasteiger charge is -2.29. The number of nitrogens with one attached hydrogen (secondary N) is 1. The molecule has 206 valence electrons. The van der Waals surface area contributed by atoms with E-state index in [9.17, 15) is 18.0 Å². The number of fused-ring (bicyclic) bond motifs is 1. The molecule has 0 saturated carbocycles. The Hall–Kier alpha value is -2.31. The SMILES string of the molecule is CCCN1CCc2c(sc(NC(=O)c3ccc(S(=O)(=O)N4CCCCC4)cc3)c2C(=O)N2CCOCC2)C1. The van der Waals surface area contributed by atoms with Gasteiger partial charge in [-0.15, -0.1) is 11.3 Å². The van der Waals surface area contributed by atoms with Crippen LogP contribution in [0.15, 0.2) is 29.2 Å². The zero-order valence-corrected chi connectivity index (χ0v) is 23.5. The van der Waals surface area contributed by atoms with E-state index in [2.05, 4.69) is 17.1 Å². The number of ether oxygens (including phenoxy) is 1. The van der Waals surface area contributed by atoms with Gasteiger partial charge in [-0.25, -0.2) is 8.42 Å². The molecule has 0 radical (unpaired) electrons. The molecule has 0 bridgehead atoms. The van der Waals surface area contributed by atoms with Gasteiger partial charge in [0.1, 0.15) is 5.00 Å². The second-order valence-corrected chi connectivity index (χ2v) is 13.1. The molecule has 0 aliphatic carbocycles. The van der Waals surface area contributed by atoms with Crippen molar-refractivity contribution in [2.45, 2.75) is 50.5 Å². The van der Waals surface area contributed by atoms with Gasteiger partial charge in [-0.1, -0.05) is 13.3 Å². The molecule has 2 saturated heterocycles. The summed E-state index contributed by atoms with van der Waals surface area (Å²) in [5, 5.41) is 3.56. The zero-order chi connectivity index (χ0) is 26.7. The molecule has 5 rings (SSSR count). The predicted molar refractivity (Wildman–Crippen MR) is 147 cm³/mol. The first kappa shape index (κ1) is 27.3. The minimum atomic E-state index is -3.57. The molecule has 1 N–H and O–H groups in total. The van der Waals surface area contributed by atoms with Crippen LogP contribution in [0.3, 0.4) is 0 Å². The number of carbonyl (C=O) groups is 2. The van der Waals surface area contributed by atoms with Gasteiger partial charge in [-0.3, -0.25) is 14.5 Å². The minimum absolute atomic E-state index is 0.0620. The number of hydrogen-bond donors (Lipinski definition) is 1. The van der Waals surface area contributed by atoms with Gasteiger partial charge in [-0.05, 0) is 62.1 Å². The van der Waals surface area contributed by atoms with Crippen LogP contribution in [0.25, 0.3) is 0 Å². The van der Waals surface area contributed by atoms with Crippen LogP contribution in [-0.2, 0) is 27.7 Å². The Balaban J connectivity index is 1.38. The lowest BCUT2D eigenvalue weighted by atomic mass is 10.0. The molecule has 38 heavy (non-hydrogen) atoms. The summed E-state index contributed by atoms with van der Waals surface area (Å²) < 4.78 is 32.9. The van der Waals surface area contributed by atoms with Crippen LogP contribution >= 0.6 is 11.3 Å². The summed E-state index contributed by atoms with van der Waals surface area (Å²) in [6, 6.07) is 6.10. The van der Waals surface area contributed by atoms with E-state index in [-0.39, 0.29) is 16.7 Å². The Morgan fingerprint density at radius 2 is 1.71 bits per heavy atom. The number of sulfonamides is 1. The van der Waals surface area contributed by atoms with Gasteiger partial charge in [0.2, 0.25) is 10.0 Å². The van der Waals surface area contributed by atoms with E-state index in [4.69, 9.17) is 4.74 Å². The van der Waals surface area contributed by atoms with E-state index in [1.54, 1.807) is 17.0 Å². The van der Waals surface area contributed by atoms with Crippen molar-refractivity contribution in [3.05, 3.63) is 45.8 Å². The third kappa shape index (κ3) is 5.67. The summed E-state index contributed by atoms with van der Waals surface area (Å²) in [6.07, 6.45) is 4.62. The molecule has 2 aromatic rings. The summed E-state index contributed by atoms with van der Waals surface area (Å²) in [7, 11) is -3.57. The van der Waals surface area contributed by atoms with Crippen LogP contribution in [0.5, 0.6) is 0 Å². The van der Waals surface area contributed by atoms with Crippen LogP contribution in [0.4, 0.5) is 5.00 Å². The number of rotatable bonds is 7. The van der Waals surface area contributed by atoms with Crippen molar-refractivity contribution in [2.75, 3.05) is 57.8 Å². The lowest BCUT2D eigenvalue weighted by molar-refractivity contribution is 0.0302. The van der Waals surface area contributed by atoms with Crippen LogP contribution in [0.1, 0.15) is 63.8 Å². The Bertz CT molecular complexity index is 1260. The Labute approximate surface area is 228 Å². The normalized spacial score (nSPS) is 19.2. The first-order valence-corrected chi connectivity index (χ1v) is 15.8. The third-order valence-electron chi connectivity index (χ3n) is 7.48. The number of nitrogens with zero attached hydrogens (tertiary/aromatic N) is 3. The van der Waals surface area contributed by atoms with Gasteiger partial charge < -0.3 is 15.0 Å². The fraction of sp³-hybridized carbons (Fsp3) is 0.556. The number of benzene rings is 1. The molecule has 0 unspecified atom stereocenters. The first-order chi connectivity index (χ1) is 18.4. The van der Waals surface area contributed by atoms with E-state index in [1.165, 1.54) is 27.8 Å². The Kier molecular flexibility index (Phi) is 8.49. The molecule has 3 aliphatic heterocycles. The van der Waals surface area contributed by atoms with Gasteiger partial charge in [-0.2, -0.15) is 4.31 Å². The van der Waals surface area contributed by atoms with Gasteiger partial charge >= 0.3 is 0 Å². The molecule has 0 spiro atoms. The minimum Gasteiger partial charge on any atom is -0.378 e. The van der Waals surface area contributed by atoms with Crippen molar-refractivity contribution >= 4 is 38.2 Å². The summed E-state index contributed by atoms with van der Waals surface area (Å²) in [5.41, 5.74) is 1.99. The Morgan fingerprint density at radius 3 is 2.39 bits per heavy atom. The van der Waals surface area contributed by atoms with Gasteiger partial charge in [0.25, 0.3) is 11.8 Å². The first-order valence-electron chi connectivity index (χ1n) is 13.5. The molecule has 1 aromatic carbocycles. The van der Waals surface area contributed by atoms with E-state index < -0.39 is 10.0 Å². The van der Waals surface area contributed by atoms with Crippen LogP contribution in [0.2, 0.25) is 0 Å². The van der Waals surface area contributed by atoms with E-state index in [0.29, 0.717) is 55.5 Å². The Morgan fingerprint density at radius 1 is 1.00 bits per heavy atom. The van der Waals surface area contributed by atoms with Gasteiger partial charge in [0.05, 0.1) is 23.7 Å². The summed E-state index contributed by atoms with van der Waals surface area (Å²) in [6.45, 7) is 7.97. The average Bonchev–Trinajstić information content (AvgIpc) is 3.30. The number of piperidine rings is 1. The van der Waals surface area contributed by atoms with Crippen molar-refractivity contribution < 1.29 is 22.7 Å². The van der Waals surface area contributed by atoms with E-state index in [0.717, 1.165) is 62.2 Å². The standard InChI is InChI=1S/C27H36N4O5S2/c1-2-11-29-14-10-22-23(19-29)37-26(24(22)27(33)30-15-17-36-18-16-30)28-25(32)20-6-8-21(9-7-20)38(34,35)31-12-4-3-5-13-31/h6-9H,2-5,10-19H2,1H3,(H,28,32). The average molecular weight is 561 g/mol. The number of amides is 2. The van der Waals surface area contributed by atoms with Crippen molar-refractivity contribution in [2.24, 2.45) is 0 Å². The molecule has 4 heterocycles. The molecular weight excluding hydrogens is 524 g/mol. The molecule has 2 fully saturated rings. The quantitative estimate of drug-likeness (QED) is 0.557. The molecule has 3 aliphatic rings. The van der Waals surface area contributed by atoms with E-state index >= 15 is 0 Å². The van der Waals surface area contributed by atoms with E-state index in [1.807, 2.05) is 0 Å². The van der Waals surface area contributed by atoms with Crippen LogP contribution in [-0.4, -0.2) is 86.8 Å². The number of carbonyl (C=O) groups excluding carboxylic acids is 2. The van der Waals surface area contributed by atoms with Crippen molar-refractivity contribution in [3.8, 4) is 0 Å². The molecule has 11 heteroatoms. The maximum Gasteiger partial charge on any atom is 0.257 e. The molecule has 9 nitrogen and oxygen atoms in total. The number of thiophene rings is 1. The largest absolute Gasteiger partial charge is 0.378 e. The van der Waals surface area contributed by atoms with Gasteiger partial charge in [0, 0.05) is 49.7 Å². The van der Waals surface area contributed by atoms with Gasteiger partial charge in [0.15, 0.2) is 0 Å². The molecule has 2 amide bonds. The fourth-order valence-corrected chi connectivity index (χ4v) is 8.20. The van der Waals surface area contributed by atoms with Crippen molar-refractivity contribution in [3.63, 3.8) is 0 Å². The highest BCUT2D eigenvalue weighted by molar-refractivity contribution is 7.89. The number of anilines is 1. The summed E-state index contributed by atoms with van der Waals surface area (Å²) in [5.74, 6) is -0.417. The van der Waals surface area contributed by atoms with Crippen LogP contribution in [0, 0.1) is 0 Å². The lowest BCUT2D eigenvalue weighted by Crippen LogP contribution is -2.41. The third-order valence-corrected chi connectivity index (χ3v) is 10.5. The number of morpholine rings is 1. The second-order valence-electron chi connectivity index (χ2n) is 10.1. The molecule has 1 aromatic heterocycles. The highest BCUT2D eigenvalue weighted by Crippen LogP contribution is 2.38. The number of hydrogen-bond acceptors (Lipinski definition) is 7. The van der Waals surface area contributed by atoms with Crippen LogP contribution < -0.4 is 5.32 Å². The smallest absolute Gasteiger partial charge is 0.257 e. The summed E-state index contributed by atoms with van der Waals surface area (Å²) in [4.78, 5) is 32.4. The predicted octanol–water partition coefficient (Wildman–Crippen LogP) is 3.42.